The average Bonchev–Trinajstić information content (AvgIpc) is 2.72. The first-order valence-electron chi connectivity index (χ1n) is 9.83. The fourth-order valence-corrected chi connectivity index (χ4v) is 4.06. The molecule has 0 bridgehead atoms. The highest BCUT2D eigenvalue weighted by molar-refractivity contribution is 7.99. The highest BCUT2D eigenvalue weighted by Crippen LogP contribution is 2.28. The molecule has 28 heavy (non-hydrogen) atoms. The molecular formula is C21H28N4O2S. The van der Waals surface area contributed by atoms with E-state index in [4.69, 9.17) is 9.72 Å². The van der Waals surface area contributed by atoms with Crippen LogP contribution in [0.5, 0.6) is 0 Å². The number of nitrogens with zero attached hydrogens (tertiary/aromatic N) is 3. The second-order valence-corrected chi connectivity index (χ2v) is 7.98. The molecule has 1 aliphatic rings. The zero-order valence-electron chi connectivity index (χ0n) is 16.6. The summed E-state index contributed by atoms with van der Waals surface area (Å²) >= 11 is 1.62. The summed E-state index contributed by atoms with van der Waals surface area (Å²) in [6.45, 7) is 7.82. The molecule has 1 saturated heterocycles. The van der Waals surface area contributed by atoms with Gasteiger partial charge in [-0.05, 0) is 48.8 Å². The predicted molar refractivity (Wildman–Crippen MR) is 113 cm³/mol. The fraction of sp³-hybridized carbons (Fsp3) is 0.476. The van der Waals surface area contributed by atoms with E-state index < -0.39 is 0 Å². The summed E-state index contributed by atoms with van der Waals surface area (Å²) in [5, 5.41) is 3.88. The van der Waals surface area contributed by atoms with Crippen molar-refractivity contribution in [1.82, 2.24) is 15.3 Å². The van der Waals surface area contributed by atoms with E-state index in [1.807, 2.05) is 25.3 Å². The maximum atomic E-state index is 12.8. The number of morpholine rings is 1. The molecule has 3 heterocycles. The van der Waals surface area contributed by atoms with Crippen LogP contribution in [0, 0.1) is 6.92 Å². The fourth-order valence-electron chi connectivity index (χ4n) is 3.23. The number of hydrogen-bond acceptors (Lipinski definition) is 6. The number of aryl methyl sites for hydroxylation is 2. The summed E-state index contributed by atoms with van der Waals surface area (Å²) < 4.78 is 5.44. The molecule has 0 atom stereocenters. The third kappa shape index (κ3) is 5.45. The van der Waals surface area contributed by atoms with Crippen LogP contribution < -0.4 is 10.2 Å². The van der Waals surface area contributed by atoms with E-state index in [9.17, 15) is 4.79 Å². The minimum Gasteiger partial charge on any atom is -0.378 e. The Morgan fingerprint density at radius 2 is 2.18 bits per heavy atom. The highest BCUT2D eigenvalue weighted by Gasteiger charge is 2.20. The largest absolute Gasteiger partial charge is 0.378 e. The molecule has 0 aliphatic carbocycles. The number of ether oxygens (including phenoxy) is 1. The SMILES string of the molecule is CCSc1nc(N2CCOCC2)cc(C)c1C(=O)NCCCc1cccnc1. The Kier molecular flexibility index (Phi) is 7.68. The Bertz CT molecular complexity index is 779. The molecule has 0 unspecified atom stereocenters. The van der Waals surface area contributed by atoms with Crippen LogP contribution in [0.4, 0.5) is 5.82 Å². The third-order valence-corrected chi connectivity index (χ3v) is 5.52. The molecule has 0 saturated carbocycles. The van der Waals surface area contributed by atoms with Crippen LogP contribution in [-0.2, 0) is 11.2 Å². The van der Waals surface area contributed by atoms with Gasteiger partial charge in [0, 0.05) is 32.0 Å². The van der Waals surface area contributed by atoms with Crippen LogP contribution in [0.1, 0.15) is 34.8 Å². The van der Waals surface area contributed by atoms with E-state index >= 15 is 0 Å². The van der Waals surface area contributed by atoms with Gasteiger partial charge in [0.05, 0.1) is 18.8 Å². The van der Waals surface area contributed by atoms with Gasteiger partial charge in [-0.3, -0.25) is 9.78 Å². The van der Waals surface area contributed by atoms with Gasteiger partial charge in [-0.15, -0.1) is 11.8 Å². The van der Waals surface area contributed by atoms with Gasteiger partial charge in [0.1, 0.15) is 10.8 Å². The first-order valence-corrected chi connectivity index (χ1v) is 10.8. The molecule has 0 radical (unpaired) electrons. The topological polar surface area (TPSA) is 67.4 Å². The second-order valence-electron chi connectivity index (χ2n) is 6.73. The van der Waals surface area contributed by atoms with Crippen molar-refractivity contribution in [2.45, 2.75) is 31.7 Å². The number of nitrogens with one attached hydrogen (secondary N) is 1. The van der Waals surface area contributed by atoms with Crippen molar-refractivity contribution >= 4 is 23.5 Å². The number of carbonyl (C=O) groups is 1. The van der Waals surface area contributed by atoms with Crippen LogP contribution in [-0.4, -0.2) is 54.5 Å². The molecular weight excluding hydrogens is 372 g/mol. The molecule has 150 valence electrons. The molecule has 7 heteroatoms. The smallest absolute Gasteiger partial charge is 0.254 e. The van der Waals surface area contributed by atoms with Crippen LogP contribution in [0.2, 0.25) is 0 Å². The zero-order valence-corrected chi connectivity index (χ0v) is 17.4. The molecule has 2 aromatic heterocycles. The Hall–Kier alpha value is -2.12. The lowest BCUT2D eigenvalue weighted by molar-refractivity contribution is 0.0948. The van der Waals surface area contributed by atoms with E-state index in [0.29, 0.717) is 12.1 Å². The van der Waals surface area contributed by atoms with E-state index in [2.05, 4.69) is 28.2 Å². The van der Waals surface area contributed by atoms with Crippen molar-refractivity contribution in [3.05, 3.63) is 47.3 Å². The lowest BCUT2D eigenvalue weighted by Crippen LogP contribution is -2.37. The van der Waals surface area contributed by atoms with E-state index in [-0.39, 0.29) is 5.91 Å². The Morgan fingerprint density at radius 3 is 2.89 bits per heavy atom. The highest BCUT2D eigenvalue weighted by atomic mass is 32.2. The Morgan fingerprint density at radius 1 is 1.36 bits per heavy atom. The van der Waals surface area contributed by atoms with Gasteiger partial charge >= 0.3 is 0 Å². The molecule has 6 nitrogen and oxygen atoms in total. The normalized spacial score (nSPS) is 14.1. The van der Waals surface area contributed by atoms with Gasteiger partial charge in [0.2, 0.25) is 0 Å². The van der Waals surface area contributed by atoms with E-state index in [0.717, 1.165) is 61.3 Å². The van der Waals surface area contributed by atoms with Crippen molar-refractivity contribution in [3.8, 4) is 0 Å². The van der Waals surface area contributed by atoms with Gasteiger partial charge in [-0.1, -0.05) is 13.0 Å². The molecule has 0 spiro atoms. The predicted octanol–water partition coefficient (Wildman–Crippen LogP) is 3.10. The van der Waals surface area contributed by atoms with Gasteiger partial charge in [0.15, 0.2) is 0 Å². The Balaban J connectivity index is 1.66. The molecule has 1 fully saturated rings. The van der Waals surface area contributed by atoms with Crippen molar-refractivity contribution in [3.63, 3.8) is 0 Å². The number of aromatic nitrogens is 2. The second kappa shape index (κ2) is 10.4. The minimum atomic E-state index is -0.0411. The quantitative estimate of drug-likeness (QED) is 0.543. The van der Waals surface area contributed by atoms with Crippen LogP contribution >= 0.6 is 11.8 Å². The number of hydrogen-bond donors (Lipinski definition) is 1. The number of amides is 1. The molecule has 0 aromatic carbocycles. The standard InChI is InChI=1S/C21H28N4O2S/c1-3-28-21-19(16(2)14-18(24-21)25-10-12-27-13-11-25)20(26)23-9-5-7-17-6-4-8-22-15-17/h4,6,8,14-15H,3,5,7,9-13H2,1-2H3,(H,23,26). The van der Waals surface area contributed by atoms with Crippen molar-refractivity contribution in [2.75, 3.05) is 43.5 Å². The summed E-state index contributed by atoms with van der Waals surface area (Å²) in [6, 6.07) is 6.02. The molecule has 2 aromatic rings. The van der Waals surface area contributed by atoms with Crippen molar-refractivity contribution < 1.29 is 9.53 Å². The monoisotopic (exact) mass is 400 g/mol. The molecule has 1 aliphatic heterocycles. The van der Waals surface area contributed by atoms with Crippen LogP contribution in [0.15, 0.2) is 35.6 Å². The lowest BCUT2D eigenvalue weighted by Gasteiger charge is -2.28. The number of pyridine rings is 2. The molecule has 3 rings (SSSR count). The van der Waals surface area contributed by atoms with Crippen LogP contribution in [0.25, 0.3) is 0 Å². The maximum Gasteiger partial charge on any atom is 0.254 e. The number of thioether (sulfide) groups is 1. The third-order valence-electron chi connectivity index (χ3n) is 4.66. The van der Waals surface area contributed by atoms with Crippen molar-refractivity contribution in [2.24, 2.45) is 0 Å². The average molecular weight is 401 g/mol. The van der Waals surface area contributed by atoms with Gasteiger partial charge < -0.3 is 15.0 Å². The first kappa shape index (κ1) is 20.6. The zero-order chi connectivity index (χ0) is 19.8. The maximum absolute atomic E-state index is 12.8. The van der Waals surface area contributed by atoms with Gasteiger partial charge in [-0.25, -0.2) is 4.98 Å². The van der Waals surface area contributed by atoms with E-state index in [1.165, 1.54) is 5.56 Å². The summed E-state index contributed by atoms with van der Waals surface area (Å²) in [7, 11) is 0. The summed E-state index contributed by atoms with van der Waals surface area (Å²) in [4.78, 5) is 24.0. The number of carbonyl (C=O) groups excluding carboxylic acids is 1. The summed E-state index contributed by atoms with van der Waals surface area (Å²) in [5.41, 5.74) is 2.86. The number of anilines is 1. The Labute approximate surface area is 171 Å². The van der Waals surface area contributed by atoms with Crippen molar-refractivity contribution in [1.29, 1.82) is 0 Å². The summed E-state index contributed by atoms with van der Waals surface area (Å²) in [5.74, 6) is 1.77. The van der Waals surface area contributed by atoms with E-state index in [1.54, 1.807) is 18.0 Å². The minimum absolute atomic E-state index is 0.0411. The summed E-state index contributed by atoms with van der Waals surface area (Å²) in [6.07, 6.45) is 5.43. The first-order chi connectivity index (χ1) is 13.7. The molecule has 1 N–H and O–H groups in total. The molecule has 1 amide bonds. The van der Waals surface area contributed by atoms with Gasteiger partial charge in [-0.2, -0.15) is 0 Å². The van der Waals surface area contributed by atoms with Gasteiger partial charge in [0.25, 0.3) is 5.91 Å². The number of rotatable bonds is 8. The van der Waals surface area contributed by atoms with Crippen LogP contribution in [0.3, 0.4) is 0 Å². The lowest BCUT2D eigenvalue weighted by atomic mass is 10.1.